The third-order valence-electron chi connectivity index (χ3n) is 2.95. The molecule has 1 N–H and O–H groups in total. The van der Waals surface area contributed by atoms with Crippen LogP contribution in [0.15, 0.2) is 46.9 Å². The standard InChI is InChI=1S/C15H14BrClFN/c1-10(12-3-2-4-13(16)8-12)19-9-11-5-6-14(17)15(18)7-11/h2-8,10,19H,9H2,1H3/t10-/m0/s1. The van der Waals surface area contributed by atoms with Gasteiger partial charge in [0.15, 0.2) is 0 Å². The third kappa shape index (κ3) is 4.03. The summed E-state index contributed by atoms with van der Waals surface area (Å²) in [5.74, 6) is -0.379. The third-order valence-corrected chi connectivity index (χ3v) is 3.74. The molecular weight excluding hydrogens is 329 g/mol. The van der Waals surface area contributed by atoms with E-state index in [0.717, 1.165) is 10.0 Å². The van der Waals surface area contributed by atoms with Crippen molar-refractivity contribution in [2.45, 2.75) is 19.5 Å². The fraction of sp³-hybridized carbons (Fsp3) is 0.200. The summed E-state index contributed by atoms with van der Waals surface area (Å²) in [6.07, 6.45) is 0. The Hall–Kier alpha value is -0.900. The molecule has 0 heterocycles. The molecule has 0 fully saturated rings. The monoisotopic (exact) mass is 341 g/mol. The lowest BCUT2D eigenvalue weighted by atomic mass is 10.1. The maximum Gasteiger partial charge on any atom is 0.142 e. The number of benzene rings is 2. The fourth-order valence-corrected chi connectivity index (χ4v) is 2.35. The molecule has 4 heteroatoms. The summed E-state index contributed by atoms with van der Waals surface area (Å²) in [5, 5.41) is 3.51. The Balaban J connectivity index is 2.00. The molecule has 1 atom stereocenters. The lowest BCUT2D eigenvalue weighted by molar-refractivity contribution is 0.569. The van der Waals surface area contributed by atoms with Gasteiger partial charge in [0.2, 0.25) is 0 Å². The van der Waals surface area contributed by atoms with E-state index in [1.807, 2.05) is 18.2 Å². The first kappa shape index (κ1) is 14.5. The Labute approximate surface area is 125 Å². The minimum atomic E-state index is -0.379. The Morgan fingerprint density at radius 2 is 2.05 bits per heavy atom. The van der Waals surface area contributed by atoms with Crippen LogP contribution in [-0.2, 0) is 6.54 Å². The second kappa shape index (κ2) is 6.51. The van der Waals surface area contributed by atoms with Crippen molar-refractivity contribution in [2.24, 2.45) is 0 Å². The van der Waals surface area contributed by atoms with E-state index < -0.39 is 0 Å². The summed E-state index contributed by atoms with van der Waals surface area (Å²) in [6, 6.07) is 13.2. The second-order valence-corrected chi connectivity index (χ2v) is 5.73. The van der Waals surface area contributed by atoms with E-state index in [1.54, 1.807) is 6.07 Å². The smallest absolute Gasteiger partial charge is 0.142 e. The molecule has 0 saturated carbocycles. The number of rotatable bonds is 4. The van der Waals surface area contributed by atoms with Gasteiger partial charge in [-0.25, -0.2) is 4.39 Å². The molecule has 100 valence electrons. The van der Waals surface area contributed by atoms with E-state index in [2.05, 4.69) is 40.3 Å². The van der Waals surface area contributed by atoms with Crippen LogP contribution in [0.25, 0.3) is 0 Å². The van der Waals surface area contributed by atoms with Crippen LogP contribution >= 0.6 is 27.5 Å². The molecule has 0 bridgehead atoms. The minimum Gasteiger partial charge on any atom is -0.306 e. The molecule has 1 nitrogen and oxygen atoms in total. The highest BCUT2D eigenvalue weighted by Gasteiger charge is 2.06. The second-order valence-electron chi connectivity index (χ2n) is 4.41. The molecule has 0 unspecified atom stereocenters. The summed E-state index contributed by atoms with van der Waals surface area (Å²) in [5.41, 5.74) is 2.06. The molecule has 2 aromatic carbocycles. The van der Waals surface area contributed by atoms with Crippen LogP contribution in [0.3, 0.4) is 0 Å². The van der Waals surface area contributed by atoms with Crippen molar-refractivity contribution in [2.75, 3.05) is 0 Å². The van der Waals surface area contributed by atoms with Crippen molar-refractivity contribution in [1.29, 1.82) is 0 Å². The van der Waals surface area contributed by atoms with Gasteiger partial charge in [-0.15, -0.1) is 0 Å². The molecule has 19 heavy (non-hydrogen) atoms. The van der Waals surface area contributed by atoms with E-state index in [0.29, 0.717) is 6.54 Å². The molecular formula is C15H14BrClFN. The van der Waals surface area contributed by atoms with Crippen LogP contribution in [0, 0.1) is 5.82 Å². The Bertz CT molecular complexity index is 574. The largest absolute Gasteiger partial charge is 0.306 e. The van der Waals surface area contributed by atoms with Gasteiger partial charge in [0.05, 0.1) is 5.02 Å². The zero-order chi connectivity index (χ0) is 13.8. The van der Waals surface area contributed by atoms with Gasteiger partial charge in [-0.2, -0.15) is 0 Å². The highest BCUT2D eigenvalue weighted by atomic mass is 79.9. The predicted molar refractivity (Wildman–Crippen MR) is 80.8 cm³/mol. The average Bonchev–Trinajstić information content (AvgIpc) is 2.40. The minimum absolute atomic E-state index is 0.156. The summed E-state index contributed by atoms with van der Waals surface area (Å²) in [6.45, 7) is 2.68. The molecule has 0 aromatic heterocycles. The van der Waals surface area contributed by atoms with E-state index in [-0.39, 0.29) is 16.9 Å². The summed E-state index contributed by atoms with van der Waals surface area (Å²) in [4.78, 5) is 0. The quantitative estimate of drug-likeness (QED) is 0.816. The molecule has 0 radical (unpaired) electrons. The van der Waals surface area contributed by atoms with Crippen molar-refractivity contribution in [3.63, 3.8) is 0 Å². The van der Waals surface area contributed by atoms with Crippen LogP contribution < -0.4 is 5.32 Å². The van der Waals surface area contributed by atoms with Crippen LogP contribution in [0.2, 0.25) is 5.02 Å². The average molecular weight is 343 g/mol. The molecule has 2 aromatic rings. The molecule has 0 amide bonds. The number of halogens is 3. The summed E-state index contributed by atoms with van der Waals surface area (Å²) >= 11 is 9.11. The van der Waals surface area contributed by atoms with E-state index in [1.165, 1.54) is 11.6 Å². The van der Waals surface area contributed by atoms with E-state index in [4.69, 9.17) is 11.6 Å². The maximum absolute atomic E-state index is 13.3. The van der Waals surface area contributed by atoms with Crippen molar-refractivity contribution in [1.82, 2.24) is 5.32 Å². The first-order valence-corrected chi connectivity index (χ1v) is 7.16. The summed E-state index contributed by atoms with van der Waals surface area (Å²) in [7, 11) is 0. The normalized spacial score (nSPS) is 12.4. The topological polar surface area (TPSA) is 12.0 Å². The van der Waals surface area contributed by atoms with Crippen molar-refractivity contribution in [3.8, 4) is 0 Å². The van der Waals surface area contributed by atoms with Gasteiger partial charge in [-0.1, -0.05) is 45.7 Å². The fourth-order valence-electron chi connectivity index (χ4n) is 1.81. The van der Waals surface area contributed by atoms with Crippen LogP contribution in [-0.4, -0.2) is 0 Å². The van der Waals surface area contributed by atoms with E-state index >= 15 is 0 Å². The van der Waals surface area contributed by atoms with Gasteiger partial charge < -0.3 is 5.32 Å². The van der Waals surface area contributed by atoms with Crippen LogP contribution in [0.4, 0.5) is 4.39 Å². The zero-order valence-corrected chi connectivity index (χ0v) is 12.8. The maximum atomic E-state index is 13.3. The number of hydrogen-bond acceptors (Lipinski definition) is 1. The van der Waals surface area contributed by atoms with Gasteiger partial charge in [0.25, 0.3) is 0 Å². The first-order valence-electron chi connectivity index (χ1n) is 5.99. The Kier molecular flexibility index (Phi) is 4.97. The molecule has 0 aliphatic rings. The van der Waals surface area contributed by atoms with Crippen LogP contribution in [0.5, 0.6) is 0 Å². The predicted octanol–water partition coefficient (Wildman–Crippen LogP) is 5.09. The Morgan fingerprint density at radius 3 is 2.74 bits per heavy atom. The number of nitrogens with one attached hydrogen (secondary N) is 1. The molecule has 2 rings (SSSR count). The highest BCUT2D eigenvalue weighted by Crippen LogP contribution is 2.19. The van der Waals surface area contributed by atoms with Crippen molar-refractivity contribution in [3.05, 3.63) is 68.9 Å². The van der Waals surface area contributed by atoms with Gasteiger partial charge in [0.1, 0.15) is 5.82 Å². The Morgan fingerprint density at radius 1 is 1.26 bits per heavy atom. The van der Waals surface area contributed by atoms with Crippen LogP contribution in [0.1, 0.15) is 24.1 Å². The van der Waals surface area contributed by atoms with Crippen molar-refractivity contribution >= 4 is 27.5 Å². The zero-order valence-electron chi connectivity index (χ0n) is 10.5. The van der Waals surface area contributed by atoms with Gasteiger partial charge in [-0.05, 0) is 42.3 Å². The lowest BCUT2D eigenvalue weighted by Crippen LogP contribution is -2.18. The summed E-state index contributed by atoms with van der Waals surface area (Å²) < 4.78 is 14.4. The number of hydrogen-bond donors (Lipinski definition) is 1. The van der Waals surface area contributed by atoms with Crippen molar-refractivity contribution < 1.29 is 4.39 Å². The SMILES string of the molecule is C[C@H](NCc1ccc(Cl)c(F)c1)c1cccc(Br)c1. The molecule has 0 saturated heterocycles. The molecule has 0 aliphatic heterocycles. The van der Waals surface area contributed by atoms with E-state index in [9.17, 15) is 4.39 Å². The first-order chi connectivity index (χ1) is 9.06. The lowest BCUT2D eigenvalue weighted by Gasteiger charge is -2.14. The molecule has 0 aliphatic carbocycles. The van der Waals surface area contributed by atoms with Gasteiger partial charge in [0, 0.05) is 17.1 Å². The van der Waals surface area contributed by atoms with Gasteiger partial charge >= 0.3 is 0 Å². The highest BCUT2D eigenvalue weighted by molar-refractivity contribution is 9.10. The molecule has 0 spiro atoms. The van der Waals surface area contributed by atoms with Gasteiger partial charge in [-0.3, -0.25) is 0 Å².